The van der Waals surface area contributed by atoms with Crippen LogP contribution in [0.5, 0.6) is 0 Å². The summed E-state index contributed by atoms with van der Waals surface area (Å²) in [6.45, 7) is 3.18. The van der Waals surface area contributed by atoms with E-state index in [-0.39, 0.29) is 0 Å². The zero-order valence-corrected chi connectivity index (χ0v) is 11.5. The quantitative estimate of drug-likeness (QED) is 0.778. The minimum Gasteiger partial charge on any atom is -0.373 e. The molecule has 0 saturated heterocycles. The van der Waals surface area contributed by atoms with E-state index in [1.165, 1.54) is 25.7 Å². The number of anilines is 2. The number of nitrogens with zero attached hydrogens (tertiary/aromatic N) is 2. The molecular formula is C14H24N4. The molecule has 1 fully saturated rings. The number of aromatic nitrogens is 2. The lowest BCUT2D eigenvalue weighted by molar-refractivity contribution is 0.303. The highest BCUT2D eigenvalue weighted by Crippen LogP contribution is 2.29. The van der Waals surface area contributed by atoms with Crippen LogP contribution in [0.25, 0.3) is 0 Å². The molecule has 0 spiro atoms. The first-order chi connectivity index (χ1) is 8.81. The van der Waals surface area contributed by atoms with Crippen LogP contribution in [-0.4, -0.2) is 23.6 Å². The van der Waals surface area contributed by atoms with Gasteiger partial charge in [-0.25, -0.2) is 9.97 Å². The molecule has 0 atom stereocenters. The van der Waals surface area contributed by atoms with E-state index in [0.29, 0.717) is 0 Å². The molecule has 2 rings (SSSR count). The molecule has 0 radical (unpaired) electrons. The van der Waals surface area contributed by atoms with E-state index in [1.54, 1.807) is 0 Å². The Bertz CT molecular complexity index is 374. The van der Waals surface area contributed by atoms with E-state index in [4.69, 9.17) is 0 Å². The molecule has 1 saturated carbocycles. The number of rotatable bonds is 7. The maximum absolute atomic E-state index is 4.55. The van der Waals surface area contributed by atoms with Crippen LogP contribution in [-0.2, 0) is 6.42 Å². The second kappa shape index (κ2) is 6.57. The van der Waals surface area contributed by atoms with Crippen LogP contribution in [0.3, 0.4) is 0 Å². The molecule has 0 bridgehead atoms. The normalized spacial score (nSPS) is 15.2. The van der Waals surface area contributed by atoms with Crippen molar-refractivity contribution in [3.63, 3.8) is 0 Å². The van der Waals surface area contributed by atoms with Crippen LogP contribution in [0.15, 0.2) is 6.07 Å². The summed E-state index contributed by atoms with van der Waals surface area (Å²) in [5, 5.41) is 6.52. The Hall–Kier alpha value is -1.32. The van der Waals surface area contributed by atoms with Crippen LogP contribution in [0.4, 0.5) is 11.6 Å². The molecule has 1 heterocycles. The van der Waals surface area contributed by atoms with Gasteiger partial charge in [0.25, 0.3) is 0 Å². The SMILES string of the molecule is CCCc1nc(NC)cc(NCCC2CCC2)n1. The predicted octanol–water partition coefficient (Wildman–Crippen LogP) is 3.07. The van der Waals surface area contributed by atoms with Gasteiger partial charge in [0, 0.05) is 26.1 Å². The van der Waals surface area contributed by atoms with Gasteiger partial charge in [0.1, 0.15) is 17.5 Å². The fourth-order valence-corrected chi connectivity index (χ4v) is 2.24. The fraction of sp³-hybridized carbons (Fsp3) is 0.714. The topological polar surface area (TPSA) is 49.8 Å². The van der Waals surface area contributed by atoms with Gasteiger partial charge in [-0.2, -0.15) is 0 Å². The van der Waals surface area contributed by atoms with Crippen LogP contribution in [0, 0.1) is 5.92 Å². The molecule has 18 heavy (non-hydrogen) atoms. The zero-order valence-electron chi connectivity index (χ0n) is 11.5. The predicted molar refractivity (Wildman–Crippen MR) is 76.0 cm³/mol. The Morgan fingerprint density at radius 1 is 1.28 bits per heavy atom. The molecule has 0 amide bonds. The van der Waals surface area contributed by atoms with Crippen molar-refractivity contribution in [1.29, 1.82) is 0 Å². The first-order valence-corrected chi connectivity index (χ1v) is 7.11. The Morgan fingerprint density at radius 3 is 2.67 bits per heavy atom. The van der Waals surface area contributed by atoms with Crippen molar-refractivity contribution in [2.75, 3.05) is 24.2 Å². The summed E-state index contributed by atoms with van der Waals surface area (Å²) < 4.78 is 0. The third-order valence-electron chi connectivity index (χ3n) is 3.59. The summed E-state index contributed by atoms with van der Waals surface area (Å²) in [7, 11) is 1.90. The minimum atomic E-state index is 0.902. The van der Waals surface area contributed by atoms with Gasteiger partial charge >= 0.3 is 0 Å². The van der Waals surface area contributed by atoms with Gasteiger partial charge in [0.05, 0.1) is 0 Å². The van der Waals surface area contributed by atoms with E-state index in [0.717, 1.165) is 42.8 Å². The largest absolute Gasteiger partial charge is 0.373 e. The highest BCUT2D eigenvalue weighted by Gasteiger charge is 2.16. The molecule has 0 aliphatic heterocycles. The third-order valence-corrected chi connectivity index (χ3v) is 3.59. The molecule has 1 aliphatic rings. The molecule has 4 nitrogen and oxygen atoms in total. The van der Waals surface area contributed by atoms with E-state index in [9.17, 15) is 0 Å². The van der Waals surface area contributed by atoms with Crippen LogP contribution in [0.2, 0.25) is 0 Å². The Labute approximate surface area is 110 Å². The van der Waals surface area contributed by atoms with Gasteiger partial charge in [0.15, 0.2) is 0 Å². The fourth-order valence-electron chi connectivity index (χ4n) is 2.24. The monoisotopic (exact) mass is 248 g/mol. The average Bonchev–Trinajstić information content (AvgIpc) is 2.32. The number of hydrogen-bond donors (Lipinski definition) is 2. The Morgan fingerprint density at radius 2 is 2.06 bits per heavy atom. The molecule has 1 aromatic rings. The summed E-state index contributed by atoms with van der Waals surface area (Å²) in [4.78, 5) is 9.00. The first-order valence-electron chi connectivity index (χ1n) is 7.11. The molecule has 2 N–H and O–H groups in total. The van der Waals surface area contributed by atoms with Crippen molar-refractivity contribution in [1.82, 2.24) is 9.97 Å². The molecule has 0 unspecified atom stereocenters. The van der Waals surface area contributed by atoms with Crippen molar-refractivity contribution in [2.24, 2.45) is 5.92 Å². The molecule has 4 heteroatoms. The van der Waals surface area contributed by atoms with Gasteiger partial charge < -0.3 is 10.6 Å². The summed E-state index contributed by atoms with van der Waals surface area (Å²) in [5.74, 6) is 3.73. The molecule has 1 aromatic heterocycles. The van der Waals surface area contributed by atoms with Gasteiger partial charge in [-0.3, -0.25) is 0 Å². The van der Waals surface area contributed by atoms with E-state index in [2.05, 4.69) is 27.5 Å². The van der Waals surface area contributed by atoms with Gasteiger partial charge in [-0.1, -0.05) is 26.2 Å². The molecule has 0 aromatic carbocycles. The van der Waals surface area contributed by atoms with Crippen molar-refractivity contribution in [3.05, 3.63) is 11.9 Å². The molecule has 1 aliphatic carbocycles. The second-order valence-electron chi connectivity index (χ2n) is 5.07. The highest BCUT2D eigenvalue weighted by atomic mass is 15.1. The summed E-state index contributed by atoms with van der Waals surface area (Å²) in [5.41, 5.74) is 0. The van der Waals surface area contributed by atoms with Gasteiger partial charge in [-0.05, 0) is 18.8 Å². The Kier molecular flexibility index (Phi) is 4.79. The van der Waals surface area contributed by atoms with E-state index >= 15 is 0 Å². The van der Waals surface area contributed by atoms with Gasteiger partial charge in [0.2, 0.25) is 0 Å². The first kappa shape index (κ1) is 13.1. The lowest BCUT2D eigenvalue weighted by Gasteiger charge is -2.25. The zero-order chi connectivity index (χ0) is 12.8. The average molecular weight is 248 g/mol. The minimum absolute atomic E-state index is 0.902. The second-order valence-corrected chi connectivity index (χ2v) is 5.07. The maximum Gasteiger partial charge on any atom is 0.133 e. The van der Waals surface area contributed by atoms with Crippen molar-refractivity contribution < 1.29 is 0 Å². The lowest BCUT2D eigenvalue weighted by Crippen LogP contribution is -2.16. The standard InChI is InChI=1S/C14H24N4/c1-3-5-12-17-13(15-2)10-14(18-12)16-9-8-11-6-4-7-11/h10-11H,3-9H2,1-2H3,(H2,15,16,17,18). The highest BCUT2D eigenvalue weighted by molar-refractivity contribution is 5.47. The van der Waals surface area contributed by atoms with Gasteiger partial charge in [-0.15, -0.1) is 0 Å². The maximum atomic E-state index is 4.55. The molecular weight excluding hydrogens is 224 g/mol. The molecule has 100 valence electrons. The smallest absolute Gasteiger partial charge is 0.133 e. The summed E-state index contributed by atoms with van der Waals surface area (Å²) in [6, 6.07) is 1.99. The van der Waals surface area contributed by atoms with Crippen LogP contribution in [0.1, 0.15) is 44.9 Å². The van der Waals surface area contributed by atoms with Crippen molar-refractivity contribution in [3.8, 4) is 0 Å². The number of hydrogen-bond acceptors (Lipinski definition) is 4. The third kappa shape index (κ3) is 3.59. The summed E-state index contributed by atoms with van der Waals surface area (Å²) >= 11 is 0. The van der Waals surface area contributed by atoms with Crippen LogP contribution >= 0.6 is 0 Å². The number of aryl methyl sites for hydroxylation is 1. The summed E-state index contributed by atoms with van der Waals surface area (Å²) in [6.07, 6.45) is 7.52. The van der Waals surface area contributed by atoms with E-state index < -0.39 is 0 Å². The Balaban J connectivity index is 1.90. The van der Waals surface area contributed by atoms with Crippen LogP contribution < -0.4 is 10.6 Å². The number of nitrogens with one attached hydrogen (secondary N) is 2. The lowest BCUT2D eigenvalue weighted by atomic mass is 9.83. The van der Waals surface area contributed by atoms with Crippen molar-refractivity contribution >= 4 is 11.6 Å². The van der Waals surface area contributed by atoms with E-state index in [1.807, 2.05) is 13.1 Å². The van der Waals surface area contributed by atoms with Crippen molar-refractivity contribution in [2.45, 2.75) is 45.4 Å².